The predicted molar refractivity (Wildman–Crippen MR) is 53.7 cm³/mol. The SMILES string of the molecule is N#CC1(S(=O)(=O)c2cccs2)CCC1. The van der Waals surface area contributed by atoms with Gasteiger partial charge in [0.15, 0.2) is 4.75 Å². The van der Waals surface area contributed by atoms with Crippen LogP contribution in [0.2, 0.25) is 0 Å². The predicted octanol–water partition coefficient (Wildman–Crippen LogP) is 1.97. The van der Waals surface area contributed by atoms with Crippen LogP contribution in [0.1, 0.15) is 19.3 Å². The minimum atomic E-state index is -3.41. The molecule has 1 heterocycles. The summed E-state index contributed by atoms with van der Waals surface area (Å²) in [6.45, 7) is 0. The van der Waals surface area contributed by atoms with Crippen molar-refractivity contribution in [1.82, 2.24) is 0 Å². The van der Waals surface area contributed by atoms with Gasteiger partial charge in [0, 0.05) is 0 Å². The highest BCUT2D eigenvalue weighted by molar-refractivity contribution is 7.95. The molecule has 1 aliphatic rings. The zero-order valence-electron chi connectivity index (χ0n) is 7.43. The maximum absolute atomic E-state index is 12.0. The Morgan fingerprint density at radius 3 is 2.57 bits per heavy atom. The van der Waals surface area contributed by atoms with Crippen LogP contribution in [0.3, 0.4) is 0 Å². The number of thiophene rings is 1. The zero-order chi connectivity index (χ0) is 10.2. The number of nitrogens with zero attached hydrogens (tertiary/aromatic N) is 1. The Morgan fingerprint density at radius 2 is 2.21 bits per heavy atom. The monoisotopic (exact) mass is 227 g/mol. The lowest BCUT2D eigenvalue weighted by molar-refractivity contribution is 0.407. The number of hydrogen-bond donors (Lipinski definition) is 0. The van der Waals surface area contributed by atoms with Crippen LogP contribution in [-0.4, -0.2) is 13.2 Å². The largest absolute Gasteiger partial charge is 0.221 e. The highest BCUT2D eigenvalue weighted by atomic mass is 32.2. The van der Waals surface area contributed by atoms with E-state index in [1.54, 1.807) is 17.5 Å². The van der Waals surface area contributed by atoms with Gasteiger partial charge in [0.25, 0.3) is 0 Å². The van der Waals surface area contributed by atoms with Gasteiger partial charge in [-0.15, -0.1) is 11.3 Å². The minimum Gasteiger partial charge on any atom is -0.221 e. The Balaban J connectivity index is 2.49. The van der Waals surface area contributed by atoms with Crippen molar-refractivity contribution >= 4 is 21.2 Å². The molecule has 1 saturated carbocycles. The Morgan fingerprint density at radius 1 is 1.50 bits per heavy atom. The lowest BCUT2D eigenvalue weighted by atomic mass is 9.86. The second-order valence-corrected chi connectivity index (χ2v) is 6.83. The van der Waals surface area contributed by atoms with Crippen LogP contribution >= 0.6 is 11.3 Å². The molecule has 1 aromatic rings. The molecule has 0 saturated heterocycles. The molecule has 0 unspecified atom stereocenters. The van der Waals surface area contributed by atoms with Crippen LogP contribution in [0.4, 0.5) is 0 Å². The molecule has 14 heavy (non-hydrogen) atoms. The number of hydrogen-bond acceptors (Lipinski definition) is 4. The molecule has 0 aromatic carbocycles. The Labute approximate surface area is 86.9 Å². The lowest BCUT2D eigenvalue weighted by Crippen LogP contribution is -2.43. The lowest BCUT2D eigenvalue weighted by Gasteiger charge is -2.33. The van der Waals surface area contributed by atoms with Crippen molar-refractivity contribution in [3.63, 3.8) is 0 Å². The van der Waals surface area contributed by atoms with Crippen molar-refractivity contribution < 1.29 is 8.42 Å². The smallest absolute Gasteiger partial charge is 0.206 e. The van der Waals surface area contributed by atoms with Crippen LogP contribution in [-0.2, 0) is 9.84 Å². The summed E-state index contributed by atoms with van der Waals surface area (Å²) in [5.41, 5.74) is 0. The van der Waals surface area contributed by atoms with Gasteiger partial charge in [-0.2, -0.15) is 5.26 Å². The number of nitriles is 1. The molecule has 0 aliphatic heterocycles. The quantitative estimate of drug-likeness (QED) is 0.776. The molecular weight excluding hydrogens is 218 g/mol. The topological polar surface area (TPSA) is 57.9 Å². The normalized spacial score (nSPS) is 19.6. The van der Waals surface area contributed by atoms with E-state index in [1.165, 1.54) is 11.3 Å². The molecule has 74 valence electrons. The summed E-state index contributed by atoms with van der Waals surface area (Å²) in [7, 11) is -3.41. The average molecular weight is 227 g/mol. The fourth-order valence-corrected chi connectivity index (χ4v) is 4.74. The third-order valence-electron chi connectivity index (χ3n) is 2.64. The first-order valence-electron chi connectivity index (χ1n) is 4.32. The standard InChI is InChI=1S/C9H9NO2S2/c10-7-9(4-2-5-9)14(11,12)8-3-1-6-13-8/h1,3,6H,2,4-5H2. The van der Waals surface area contributed by atoms with Crippen LogP contribution in [0.15, 0.2) is 21.7 Å². The van der Waals surface area contributed by atoms with Crippen molar-refractivity contribution in [2.75, 3.05) is 0 Å². The molecule has 0 radical (unpaired) electrons. The van der Waals surface area contributed by atoms with Crippen LogP contribution in [0.5, 0.6) is 0 Å². The van der Waals surface area contributed by atoms with Crippen molar-refractivity contribution in [2.45, 2.75) is 28.2 Å². The molecule has 3 nitrogen and oxygen atoms in total. The highest BCUT2D eigenvalue weighted by Crippen LogP contribution is 2.43. The van der Waals surface area contributed by atoms with Gasteiger partial charge in [0.1, 0.15) is 4.21 Å². The highest BCUT2D eigenvalue weighted by Gasteiger charge is 2.50. The molecular formula is C9H9NO2S2. The minimum absolute atomic E-state index is 0.318. The molecule has 1 aromatic heterocycles. The van der Waals surface area contributed by atoms with Crippen molar-refractivity contribution in [3.8, 4) is 6.07 Å². The van der Waals surface area contributed by atoms with E-state index in [2.05, 4.69) is 0 Å². The van der Waals surface area contributed by atoms with Gasteiger partial charge in [0.05, 0.1) is 6.07 Å². The Hall–Kier alpha value is -0.860. The van der Waals surface area contributed by atoms with Gasteiger partial charge >= 0.3 is 0 Å². The van der Waals surface area contributed by atoms with E-state index in [1.807, 2.05) is 6.07 Å². The van der Waals surface area contributed by atoms with E-state index in [0.29, 0.717) is 17.1 Å². The fourth-order valence-electron chi connectivity index (χ4n) is 1.55. The third-order valence-corrected chi connectivity index (χ3v) is 6.44. The average Bonchev–Trinajstić information content (AvgIpc) is 2.53. The van der Waals surface area contributed by atoms with E-state index in [0.717, 1.165) is 6.42 Å². The molecule has 1 fully saturated rings. The van der Waals surface area contributed by atoms with Gasteiger partial charge in [-0.3, -0.25) is 0 Å². The first-order valence-corrected chi connectivity index (χ1v) is 6.68. The maximum Gasteiger partial charge on any atom is 0.206 e. The molecule has 0 bridgehead atoms. The molecule has 0 atom stereocenters. The van der Waals surface area contributed by atoms with E-state index < -0.39 is 14.6 Å². The summed E-state index contributed by atoms with van der Waals surface area (Å²) < 4.78 is 23.2. The van der Waals surface area contributed by atoms with E-state index in [9.17, 15) is 8.42 Å². The maximum atomic E-state index is 12.0. The number of rotatable bonds is 2. The van der Waals surface area contributed by atoms with Crippen LogP contribution in [0.25, 0.3) is 0 Å². The molecule has 0 N–H and O–H groups in total. The van der Waals surface area contributed by atoms with Crippen molar-refractivity contribution in [2.24, 2.45) is 0 Å². The fraction of sp³-hybridized carbons (Fsp3) is 0.444. The van der Waals surface area contributed by atoms with Gasteiger partial charge < -0.3 is 0 Å². The second-order valence-electron chi connectivity index (χ2n) is 3.40. The third kappa shape index (κ3) is 1.11. The van der Waals surface area contributed by atoms with Crippen molar-refractivity contribution in [1.29, 1.82) is 5.26 Å². The van der Waals surface area contributed by atoms with Gasteiger partial charge in [-0.05, 0) is 30.7 Å². The zero-order valence-corrected chi connectivity index (χ0v) is 9.07. The first-order chi connectivity index (χ1) is 6.62. The summed E-state index contributed by atoms with van der Waals surface area (Å²) >= 11 is 1.18. The summed E-state index contributed by atoms with van der Waals surface area (Å²) in [6.07, 6.45) is 1.78. The summed E-state index contributed by atoms with van der Waals surface area (Å²) in [5, 5.41) is 10.7. The second kappa shape index (κ2) is 3.07. The number of sulfone groups is 1. The summed E-state index contributed by atoms with van der Waals surface area (Å²) in [5.74, 6) is 0. The van der Waals surface area contributed by atoms with Crippen LogP contribution < -0.4 is 0 Å². The van der Waals surface area contributed by atoms with Crippen LogP contribution in [0, 0.1) is 11.3 Å². The van der Waals surface area contributed by atoms with Crippen molar-refractivity contribution in [3.05, 3.63) is 17.5 Å². The Bertz CT molecular complexity index is 463. The molecule has 0 spiro atoms. The van der Waals surface area contributed by atoms with E-state index in [-0.39, 0.29) is 0 Å². The summed E-state index contributed by atoms with van der Waals surface area (Å²) in [4.78, 5) is 0. The van der Waals surface area contributed by atoms with E-state index >= 15 is 0 Å². The van der Waals surface area contributed by atoms with Gasteiger partial charge in [-0.1, -0.05) is 6.07 Å². The van der Waals surface area contributed by atoms with Gasteiger partial charge in [-0.25, -0.2) is 8.42 Å². The molecule has 2 rings (SSSR count). The van der Waals surface area contributed by atoms with Gasteiger partial charge in [0.2, 0.25) is 9.84 Å². The molecule has 0 amide bonds. The van der Waals surface area contributed by atoms with E-state index in [4.69, 9.17) is 5.26 Å². The first kappa shape index (κ1) is 9.69. The molecule has 5 heteroatoms. The Kier molecular flexibility index (Phi) is 2.13. The molecule has 1 aliphatic carbocycles. The summed E-state index contributed by atoms with van der Waals surface area (Å²) in [6, 6.07) is 5.22.